The van der Waals surface area contributed by atoms with Gasteiger partial charge in [0.2, 0.25) is 15.9 Å². The number of carbonyl (C=O) groups is 1. The average Bonchev–Trinajstić information content (AvgIpc) is 2.75. The molecule has 2 aromatic rings. The Hall–Kier alpha value is -1.32. The second kappa shape index (κ2) is 11.0. The van der Waals surface area contributed by atoms with Crippen LogP contribution in [0.3, 0.4) is 0 Å². The maximum absolute atomic E-state index is 13.8. The summed E-state index contributed by atoms with van der Waals surface area (Å²) in [6, 6.07) is 10.6. The van der Waals surface area contributed by atoms with Gasteiger partial charge in [-0.3, -0.25) is 4.79 Å². The Labute approximate surface area is 196 Å². The van der Waals surface area contributed by atoms with Gasteiger partial charge in [0, 0.05) is 46.7 Å². The van der Waals surface area contributed by atoms with Crippen LogP contribution in [0.15, 0.2) is 47.4 Å². The minimum absolute atomic E-state index is 0.148. The van der Waals surface area contributed by atoms with Gasteiger partial charge in [0.15, 0.2) is 0 Å². The molecule has 1 heterocycles. The summed E-state index contributed by atoms with van der Waals surface area (Å²) in [6.07, 6.45) is 1.25. The van der Waals surface area contributed by atoms with Gasteiger partial charge in [0.25, 0.3) is 0 Å². The summed E-state index contributed by atoms with van der Waals surface area (Å²) >= 11 is 13.3. The summed E-state index contributed by atoms with van der Waals surface area (Å²) in [4.78, 5) is 12.7. The molecule has 0 aliphatic carbocycles. The molecule has 1 amide bonds. The lowest BCUT2D eigenvalue weighted by atomic mass is 9.99. The van der Waals surface area contributed by atoms with Crippen LogP contribution in [0.5, 0.6) is 0 Å². The van der Waals surface area contributed by atoms with Gasteiger partial charge in [-0.1, -0.05) is 29.3 Å². The largest absolute Gasteiger partial charge is 0.355 e. The number of rotatable bonds is 8. The predicted molar refractivity (Wildman–Crippen MR) is 124 cm³/mol. The van der Waals surface area contributed by atoms with Crippen molar-refractivity contribution < 1.29 is 17.6 Å². The molecule has 1 saturated heterocycles. The molecule has 5 nitrogen and oxygen atoms in total. The third-order valence-corrected chi connectivity index (χ3v) is 8.53. The number of carbonyl (C=O) groups excluding carboxylic acids is 1. The van der Waals surface area contributed by atoms with Gasteiger partial charge in [0.05, 0.1) is 10.8 Å². The first kappa shape index (κ1) is 24.3. The fourth-order valence-electron chi connectivity index (χ4n) is 3.37. The minimum Gasteiger partial charge on any atom is -0.355 e. The maximum atomic E-state index is 13.8. The van der Waals surface area contributed by atoms with Crippen LogP contribution >= 0.6 is 35.0 Å². The Kier molecular flexibility index (Phi) is 8.64. The predicted octanol–water partition coefficient (Wildman–Crippen LogP) is 4.58. The van der Waals surface area contributed by atoms with Crippen LogP contribution in [0.4, 0.5) is 4.39 Å². The van der Waals surface area contributed by atoms with Crippen LogP contribution in [-0.2, 0) is 20.6 Å². The third-order valence-electron chi connectivity index (χ3n) is 5.06. The van der Waals surface area contributed by atoms with Crippen LogP contribution in [0.2, 0.25) is 10.0 Å². The lowest BCUT2D eigenvalue weighted by Crippen LogP contribution is -2.45. The molecule has 3 rings (SSSR count). The molecule has 2 aromatic carbocycles. The minimum atomic E-state index is -3.67. The molecule has 168 valence electrons. The Bertz CT molecular complexity index is 1000. The number of thioether (sulfide) groups is 1. The van der Waals surface area contributed by atoms with Crippen molar-refractivity contribution in [1.29, 1.82) is 0 Å². The van der Waals surface area contributed by atoms with E-state index in [1.54, 1.807) is 12.1 Å². The van der Waals surface area contributed by atoms with E-state index in [-0.39, 0.29) is 23.2 Å². The lowest BCUT2D eigenvalue weighted by molar-refractivity contribution is -0.125. The number of halogens is 3. The number of amides is 1. The van der Waals surface area contributed by atoms with Crippen molar-refractivity contribution in [2.24, 2.45) is 5.92 Å². The molecule has 0 unspecified atom stereocenters. The second-order valence-electron chi connectivity index (χ2n) is 7.20. The van der Waals surface area contributed by atoms with Crippen molar-refractivity contribution >= 4 is 50.9 Å². The Morgan fingerprint density at radius 1 is 1.19 bits per heavy atom. The van der Waals surface area contributed by atoms with Crippen molar-refractivity contribution in [3.63, 3.8) is 0 Å². The zero-order valence-corrected chi connectivity index (χ0v) is 19.8. The van der Waals surface area contributed by atoms with Gasteiger partial charge in [-0.15, -0.1) is 0 Å². The Morgan fingerprint density at radius 2 is 1.94 bits per heavy atom. The van der Waals surface area contributed by atoms with E-state index in [4.69, 9.17) is 23.2 Å². The molecule has 31 heavy (non-hydrogen) atoms. The van der Waals surface area contributed by atoms with Crippen molar-refractivity contribution in [2.75, 3.05) is 25.4 Å². The van der Waals surface area contributed by atoms with E-state index < -0.39 is 15.9 Å². The fourth-order valence-corrected chi connectivity index (χ4v) is 6.21. The standard InChI is InChI=1S/C21H23Cl2FN2O3S2/c22-16-6-8-17(9-7-16)31(28,29)26-11-2-3-15(13-26)21(27)25-10-12-30-14-18-19(23)4-1-5-20(18)24/h1,4-9,15H,2-3,10-14H2,(H,25,27)/t15-/m1/s1. The number of nitrogens with one attached hydrogen (secondary N) is 1. The molecule has 1 N–H and O–H groups in total. The summed E-state index contributed by atoms with van der Waals surface area (Å²) in [6.45, 7) is 0.943. The number of hydrogen-bond acceptors (Lipinski definition) is 4. The number of sulfonamides is 1. The molecular formula is C21H23Cl2FN2O3S2. The molecule has 0 radical (unpaired) electrons. The highest BCUT2D eigenvalue weighted by atomic mass is 35.5. The molecule has 1 fully saturated rings. The zero-order valence-electron chi connectivity index (χ0n) is 16.7. The van der Waals surface area contributed by atoms with Gasteiger partial charge >= 0.3 is 0 Å². The zero-order chi connectivity index (χ0) is 22.4. The number of benzene rings is 2. The highest BCUT2D eigenvalue weighted by Gasteiger charge is 2.33. The third kappa shape index (κ3) is 6.35. The normalized spacial score (nSPS) is 17.5. The first-order chi connectivity index (χ1) is 14.8. The van der Waals surface area contributed by atoms with E-state index in [0.717, 1.165) is 0 Å². The van der Waals surface area contributed by atoms with E-state index >= 15 is 0 Å². The van der Waals surface area contributed by atoms with Gasteiger partial charge < -0.3 is 5.32 Å². The summed E-state index contributed by atoms with van der Waals surface area (Å²) in [7, 11) is -3.67. The van der Waals surface area contributed by atoms with Gasteiger partial charge in [-0.2, -0.15) is 16.1 Å². The summed E-state index contributed by atoms with van der Waals surface area (Å²) in [5.74, 6) is 0.101. The van der Waals surface area contributed by atoms with Crippen LogP contribution in [-0.4, -0.2) is 44.0 Å². The molecule has 1 atom stereocenters. The molecule has 0 aromatic heterocycles. The van der Waals surface area contributed by atoms with Gasteiger partial charge in [-0.25, -0.2) is 12.8 Å². The Balaban J connectivity index is 1.48. The molecule has 1 aliphatic heterocycles. The quantitative estimate of drug-likeness (QED) is 0.534. The lowest BCUT2D eigenvalue weighted by Gasteiger charge is -2.31. The van der Waals surface area contributed by atoms with Crippen molar-refractivity contribution in [1.82, 2.24) is 9.62 Å². The SMILES string of the molecule is O=C(NCCSCc1c(F)cccc1Cl)[C@@H]1CCCN(S(=O)(=O)c2ccc(Cl)cc2)C1. The van der Waals surface area contributed by atoms with Crippen LogP contribution in [0, 0.1) is 11.7 Å². The van der Waals surface area contributed by atoms with Crippen LogP contribution in [0.25, 0.3) is 0 Å². The Morgan fingerprint density at radius 3 is 2.65 bits per heavy atom. The summed E-state index contributed by atoms with van der Waals surface area (Å²) < 4.78 is 40.9. The second-order valence-corrected chi connectivity index (χ2v) is 11.1. The highest BCUT2D eigenvalue weighted by Crippen LogP contribution is 2.26. The maximum Gasteiger partial charge on any atom is 0.243 e. The van der Waals surface area contributed by atoms with Crippen molar-refractivity contribution in [2.45, 2.75) is 23.5 Å². The number of piperidine rings is 1. The smallest absolute Gasteiger partial charge is 0.243 e. The molecule has 0 bridgehead atoms. The number of hydrogen-bond donors (Lipinski definition) is 1. The van der Waals surface area contributed by atoms with E-state index in [2.05, 4.69) is 5.32 Å². The number of nitrogens with zero attached hydrogens (tertiary/aromatic N) is 1. The van der Waals surface area contributed by atoms with Gasteiger partial charge in [0.1, 0.15) is 5.82 Å². The molecule has 1 aliphatic rings. The van der Waals surface area contributed by atoms with E-state index in [1.807, 2.05) is 0 Å². The fraction of sp³-hybridized carbons (Fsp3) is 0.381. The first-order valence-corrected chi connectivity index (χ1v) is 13.2. The molecular weight excluding hydrogens is 482 g/mol. The van der Waals surface area contributed by atoms with E-state index in [1.165, 1.54) is 46.4 Å². The van der Waals surface area contributed by atoms with E-state index in [9.17, 15) is 17.6 Å². The van der Waals surface area contributed by atoms with Crippen molar-refractivity contribution in [3.05, 3.63) is 63.9 Å². The first-order valence-electron chi connectivity index (χ1n) is 9.83. The summed E-state index contributed by atoms with van der Waals surface area (Å²) in [5.41, 5.74) is 0.454. The average molecular weight is 505 g/mol. The molecule has 10 heteroatoms. The van der Waals surface area contributed by atoms with E-state index in [0.29, 0.717) is 53.0 Å². The van der Waals surface area contributed by atoms with Crippen molar-refractivity contribution in [3.8, 4) is 0 Å². The molecule has 0 spiro atoms. The highest BCUT2D eigenvalue weighted by molar-refractivity contribution is 7.98. The molecule has 0 saturated carbocycles. The van der Waals surface area contributed by atoms with Crippen LogP contribution < -0.4 is 5.32 Å². The monoisotopic (exact) mass is 504 g/mol. The summed E-state index contributed by atoms with van der Waals surface area (Å²) in [5, 5.41) is 3.71. The van der Waals surface area contributed by atoms with Crippen LogP contribution in [0.1, 0.15) is 18.4 Å². The van der Waals surface area contributed by atoms with Gasteiger partial charge in [-0.05, 0) is 49.2 Å². The topological polar surface area (TPSA) is 66.5 Å².